The number of rotatable bonds is 60. The van der Waals surface area contributed by atoms with E-state index in [2.05, 4.69) is 19.2 Å². The van der Waals surface area contributed by atoms with Gasteiger partial charge in [0.25, 0.3) is 0 Å². The fraction of sp³-hybridized carbons (Fsp3) is 0.938. The summed E-state index contributed by atoms with van der Waals surface area (Å²) in [7, 11) is 0. The molecule has 1 amide bonds. The molecule has 0 saturated carbocycles. The highest BCUT2D eigenvalue weighted by atomic mass is 16.5. The Morgan fingerprint density at radius 3 is 0.971 bits per heavy atom. The van der Waals surface area contributed by atoms with Crippen molar-refractivity contribution >= 4 is 11.9 Å². The third kappa shape index (κ3) is 55.9. The summed E-state index contributed by atoms with van der Waals surface area (Å²) in [5, 5.41) is 23.1. The van der Waals surface area contributed by atoms with Gasteiger partial charge in [-0.05, 0) is 32.1 Å². The van der Waals surface area contributed by atoms with Crippen molar-refractivity contribution in [3.05, 3.63) is 12.2 Å². The molecule has 416 valence electrons. The van der Waals surface area contributed by atoms with Crippen molar-refractivity contribution in [2.24, 2.45) is 0 Å². The van der Waals surface area contributed by atoms with E-state index in [0.717, 1.165) is 38.5 Å². The number of allylic oxidation sites excluding steroid dienone is 1. The predicted molar refractivity (Wildman–Crippen MR) is 306 cm³/mol. The van der Waals surface area contributed by atoms with Gasteiger partial charge in [-0.1, -0.05) is 328 Å². The minimum Gasteiger partial charge on any atom is -0.466 e. The fourth-order valence-electron chi connectivity index (χ4n) is 10.2. The number of aliphatic hydroxyl groups excluding tert-OH is 2. The van der Waals surface area contributed by atoms with Crippen LogP contribution in [0.15, 0.2) is 12.2 Å². The normalized spacial score (nSPS) is 12.6. The minimum atomic E-state index is -0.842. The molecule has 0 aromatic rings. The smallest absolute Gasteiger partial charge is 0.305 e. The molecule has 0 radical (unpaired) electrons. The average molecular weight is 989 g/mol. The van der Waals surface area contributed by atoms with Gasteiger partial charge in [0, 0.05) is 12.8 Å². The van der Waals surface area contributed by atoms with Crippen LogP contribution in [0.3, 0.4) is 0 Å². The van der Waals surface area contributed by atoms with Crippen LogP contribution in [-0.2, 0) is 14.3 Å². The van der Waals surface area contributed by atoms with Crippen LogP contribution >= 0.6 is 0 Å². The van der Waals surface area contributed by atoms with Gasteiger partial charge in [0.05, 0.1) is 25.4 Å². The van der Waals surface area contributed by atoms with Crippen LogP contribution in [0.5, 0.6) is 0 Å². The molecular weight excluding hydrogens is 863 g/mol. The summed E-state index contributed by atoms with van der Waals surface area (Å²) in [6.45, 7) is 4.93. The third-order valence-corrected chi connectivity index (χ3v) is 15.1. The molecule has 0 fully saturated rings. The molecule has 0 rings (SSSR count). The van der Waals surface area contributed by atoms with Gasteiger partial charge < -0.3 is 20.3 Å². The first-order valence-corrected chi connectivity index (χ1v) is 32.0. The van der Waals surface area contributed by atoms with E-state index >= 15 is 0 Å². The van der Waals surface area contributed by atoms with E-state index in [1.807, 2.05) is 6.08 Å². The van der Waals surface area contributed by atoms with Gasteiger partial charge in [-0.25, -0.2) is 0 Å². The summed E-state index contributed by atoms with van der Waals surface area (Å²) in [5.74, 6) is -0.0452. The van der Waals surface area contributed by atoms with Crippen LogP contribution < -0.4 is 5.32 Å². The number of amides is 1. The number of unbranched alkanes of at least 4 members (excludes halogenated alkanes) is 49. The monoisotopic (exact) mass is 988 g/mol. The van der Waals surface area contributed by atoms with Crippen LogP contribution in [0.1, 0.15) is 361 Å². The Labute approximate surface area is 438 Å². The lowest BCUT2D eigenvalue weighted by Crippen LogP contribution is -2.45. The predicted octanol–water partition coefficient (Wildman–Crippen LogP) is 20.0. The molecule has 70 heavy (non-hydrogen) atoms. The highest BCUT2D eigenvalue weighted by Crippen LogP contribution is 2.18. The zero-order valence-corrected chi connectivity index (χ0v) is 47.5. The molecule has 2 atom stereocenters. The number of carbonyl (C=O) groups is 2. The van der Waals surface area contributed by atoms with E-state index in [1.165, 1.54) is 295 Å². The lowest BCUT2D eigenvalue weighted by Gasteiger charge is -2.20. The number of nitrogens with one attached hydrogen (secondary N) is 1. The molecule has 6 heteroatoms. The Morgan fingerprint density at radius 1 is 0.386 bits per heavy atom. The average Bonchev–Trinajstić information content (AvgIpc) is 3.36. The van der Waals surface area contributed by atoms with Crippen LogP contribution in [-0.4, -0.2) is 47.4 Å². The van der Waals surface area contributed by atoms with Crippen molar-refractivity contribution < 1.29 is 24.5 Å². The van der Waals surface area contributed by atoms with Gasteiger partial charge in [0.15, 0.2) is 0 Å². The lowest BCUT2D eigenvalue weighted by atomic mass is 10.0. The topological polar surface area (TPSA) is 95.9 Å². The summed E-state index contributed by atoms with van der Waals surface area (Å²) >= 11 is 0. The van der Waals surface area contributed by atoms with E-state index in [4.69, 9.17) is 4.74 Å². The van der Waals surface area contributed by atoms with Crippen molar-refractivity contribution in [3.63, 3.8) is 0 Å². The maximum absolute atomic E-state index is 12.5. The molecule has 6 nitrogen and oxygen atoms in total. The van der Waals surface area contributed by atoms with Gasteiger partial charge in [0.1, 0.15) is 0 Å². The minimum absolute atomic E-state index is 0.0181. The Kier molecular flexibility index (Phi) is 59.0. The number of hydrogen-bond donors (Lipinski definition) is 3. The van der Waals surface area contributed by atoms with Crippen molar-refractivity contribution in [1.82, 2.24) is 5.32 Å². The molecule has 0 aliphatic carbocycles. The summed E-state index contributed by atoms with van der Waals surface area (Å²) in [4.78, 5) is 24.5. The van der Waals surface area contributed by atoms with Crippen LogP contribution in [0.25, 0.3) is 0 Å². The molecule has 2 unspecified atom stereocenters. The molecule has 0 spiro atoms. The molecule has 0 aliphatic rings. The first-order chi connectivity index (χ1) is 34.5. The maximum atomic E-state index is 12.5. The van der Waals surface area contributed by atoms with Gasteiger partial charge in [-0.15, -0.1) is 0 Å². The van der Waals surface area contributed by atoms with Crippen molar-refractivity contribution in [2.45, 2.75) is 373 Å². The van der Waals surface area contributed by atoms with Crippen molar-refractivity contribution in [1.29, 1.82) is 0 Å². The Hall–Kier alpha value is -1.40. The zero-order chi connectivity index (χ0) is 50.7. The molecule has 0 aromatic heterocycles. The molecular formula is C64H125NO5. The number of esters is 1. The van der Waals surface area contributed by atoms with E-state index in [9.17, 15) is 19.8 Å². The molecule has 0 bridgehead atoms. The molecule has 0 heterocycles. The standard InChI is InChI=1S/C64H125NO5/c1-3-5-7-9-11-13-15-17-30-33-36-40-44-48-52-56-62(67)61(60-66)65-63(68)57-53-49-45-41-37-34-31-28-26-24-22-20-18-19-21-23-25-27-29-32-35-39-43-47-51-55-59-70-64(69)58-54-50-46-42-38-16-14-12-10-8-6-4-2/h52,56,61-62,66-67H,3-51,53-55,57-60H2,1-2H3,(H,65,68)/b56-52+. The van der Waals surface area contributed by atoms with E-state index in [0.29, 0.717) is 19.4 Å². The van der Waals surface area contributed by atoms with Crippen molar-refractivity contribution in [3.8, 4) is 0 Å². The molecule has 0 aliphatic heterocycles. The third-order valence-electron chi connectivity index (χ3n) is 15.1. The van der Waals surface area contributed by atoms with E-state index < -0.39 is 12.1 Å². The number of hydrogen-bond acceptors (Lipinski definition) is 5. The van der Waals surface area contributed by atoms with Gasteiger partial charge in [-0.3, -0.25) is 9.59 Å². The van der Waals surface area contributed by atoms with Crippen molar-refractivity contribution in [2.75, 3.05) is 13.2 Å². The second kappa shape index (κ2) is 60.2. The number of ether oxygens (including phenoxy) is 1. The second-order valence-corrected chi connectivity index (χ2v) is 22.1. The SMILES string of the molecule is CCCCCCCCCCCCCCC/C=C/C(O)C(CO)NC(=O)CCCCCCCCCCCCCCCCCCCCCCCCCCCCOC(=O)CCCCCCCCCCCCCC. The Balaban J connectivity index is 3.36. The van der Waals surface area contributed by atoms with Crippen LogP contribution in [0.4, 0.5) is 0 Å². The fourth-order valence-corrected chi connectivity index (χ4v) is 10.2. The van der Waals surface area contributed by atoms with E-state index in [-0.39, 0.29) is 18.5 Å². The number of aliphatic hydroxyl groups is 2. The summed E-state index contributed by atoms with van der Waals surface area (Å²) in [6.07, 6.45) is 72.6. The second-order valence-electron chi connectivity index (χ2n) is 22.1. The highest BCUT2D eigenvalue weighted by Gasteiger charge is 2.18. The molecule has 0 aromatic carbocycles. The quantitative estimate of drug-likeness (QED) is 0.0321. The maximum Gasteiger partial charge on any atom is 0.305 e. The first-order valence-electron chi connectivity index (χ1n) is 32.0. The number of carbonyl (C=O) groups excluding carboxylic acids is 2. The molecule has 3 N–H and O–H groups in total. The summed E-state index contributed by atoms with van der Waals surface area (Å²) < 4.78 is 5.48. The highest BCUT2D eigenvalue weighted by molar-refractivity contribution is 5.76. The lowest BCUT2D eigenvalue weighted by molar-refractivity contribution is -0.143. The zero-order valence-electron chi connectivity index (χ0n) is 47.5. The van der Waals surface area contributed by atoms with Crippen LogP contribution in [0, 0.1) is 0 Å². The Morgan fingerprint density at radius 2 is 0.657 bits per heavy atom. The van der Waals surface area contributed by atoms with Crippen LogP contribution in [0.2, 0.25) is 0 Å². The van der Waals surface area contributed by atoms with E-state index in [1.54, 1.807) is 6.08 Å². The molecule has 0 saturated heterocycles. The van der Waals surface area contributed by atoms with Gasteiger partial charge in [0.2, 0.25) is 5.91 Å². The van der Waals surface area contributed by atoms with Gasteiger partial charge in [-0.2, -0.15) is 0 Å². The first kappa shape index (κ1) is 68.6. The summed E-state index contributed by atoms with van der Waals surface area (Å²) in [6, 6.07) is -0.625. The summed E-state index contributed by atoms with van der Waals surface area (Å²) in [5.41, 5.74) is 0. The Bertz CT molecular complexity index is 1050. The largest absolute Gasteiger partial charge is 0.466 e. The van der Waals surface area contributed by atoms with Gasteiger partial charge >= 0.3 is 5.97 Å².